The minimum atomic E-state index is -0.307. The molecule has 0 amide bonds. The zero-order chi connectivity index (χ0) is 8.72. The van der Waals surface area contributed by atoms with E-state index in [0.29, 0.717) is 11.8 Å². The quantitative estimate of drug-likeness (QED) is 0.762. The van der Waals surface area contributed by atoms with Crippen molar-refractivity contribution in [3.8, 4) is 0 Å². The summed E-state index contributed by atoms with van der Waals surface area (Å²) in [6.07, 6.45) is 0.846. The smallest absolute Gasteiger partial charge is 0.122 e. The first-order valence-corrected chi connectivity index (χ1v) is 5.16. The van der Waals surface area contributed by atoms with Crippen molar-refractivity contribution in [2.24, 2.45) is 11.8 Å². The molecule has 1 N–H and O–H groups in total. The second kappa shape index (κ2) is 2.82. The summed E-state index contributed by atoms with van der Waals surface area (Å²) in [7, 11) is 0. The van der Waals surface area contributed by atoms with Crippen LogP contribution in [-0.4, -0.2) is 10.1 Å². The van der Waals surface area contributed by atoms with Crippen molar-refractivity contribution in [2.45, 2.75) is 26.4 Å². The first kappa shape index (κ1) is 8.20. The predicted octanol–water partition coefficient (Wildman–Crippen LogP) is 2.14. The average Bonchev–Trinajstić information content (AvgIpc) is 2.58. The van der Waals surface area contributed by atoms with Crippen LogP contribution in [0.2, 0.25) is 0 Å². The minimum absolute atomic E-state index is 0.307. The average molecular weight is 183 g/mol. The molecule has 0 aromatic carbocycles. The Morgan fingerprint density at radius 2 is 2.42 bits per heavy atom. The molecule has 3 heteroatoms. The van der Waals surface area contributed by atoms with Crippen molar-refractivity contribution in [2.75, 3.05) is 0 Å². The monoisotopic (exact) mass is 183 g/mol. The summed E-state index contributed by atoms with van der Waals surface area (Å²) in [6, 6.07) is 0. The lowest BCUT2D eigenvalue weighted by molar-refractivity contribution is 0.147. The lowest BCUT2D eigenvalue weighted by atomic mass is 10.2. The number of hydrogen-bond donors (Lipinski definition) is 1. The first-order valence-electron chi connectivity index (χ1n) is 4.28. The van der Waals surface area contributed by atoms with Crippen LogP contribution in [0, 0.1) is 18.8 Å². The zero-order valence-electron chi connectivity index (χ0n) is 7.32. The molecule has 1 heterocycles. The highest BCUT2D eigenvalue weighted by Gasteiger charge is 2.40. The van der Waals surface area contributed by atoms with E-state index in [9.17, 15) is 5.11 Å². The van der Waals surface area contributed by atoms with Gasteiger partial charge in [-0.25, -0.2) is 4.98 Å². The number of nitrogens with zero attached hydrogens (tertiary/aromatic N) is 1. The number of rotatable bonds is 2. The molecule has 1 fully saturated rings. The highest BCUT2D eigenvalue weighted by Crippen LogP contribution is 2.47. The molecule has 2 rings (SSSR count). The SMILES string of the molecule is Cc1csc(C(O)C2CC2C)n1. The van der Waals surface area contributed by atoms with Gasteiger partial charge in [-0.15, -0.1) is 11.3 Å². The molecule has 0 bridgehead atoms. The van der Waals surface area contributed by atoms with E-state index in [2.05, 4.69) is 11.9 Å². The second-order valence-corrected chi connectivity index (χ2v) is 4.54. The maximum Gasteiger partial charge on any atom is 0.122 e. The molecule has 1 aromatic rings. The van der Waals surface area contributed by atoms with Gasteiger partial charge in [-0.1, -0.05) is 6.92 Å². The van der Waals surface area contributed by atoms with Crippen LogP contribution in [0.1, 0.15) is 30.2 Å². The molecule has 0 aliphatic heterocycles. The minimum Gasteiger partial charge on any atom is -0.386 e. The summed E-state index contributed by atoms with van der Waals surface area (Å²) >= 11 is 1.57. The third-order valence-electron chi connectivity index (χ3n) is 2.47. The first-order chi connectivity index (χ1) is 5.68. The Labute approximate surface area is 76.3 Å². The normalized spacial score (nSPS) is 30.2. The van der Waals surface area contributed by atoms with Crippen molar-refractivity contribution < 1.29 is 5.11 Å². The molecule has 1 aliphatic carbocycles. The van der Waals surface area contributed by atoms with Crippen molar-refractivity contribution >= 4 is 11.3 Å². The Kier molecular flexibility index (Phi) is 1.93. The highest BCUT2D eigenvalue weighted by molar-refractivity contribution is 7.09. The Hall–Kier alpha value is -0.410. The zero-order valence-corrected chi connectivity index (χ0v) is 8.14. The molecule has 0 radical (unpaired) electrons. The van der Waals surface area contributed by atoms with Gasteiger partial charge < -0.3 is 5.11 Å². The number of hydrogen-bond acceptors (Lipinski definition) is 3. The Morgan fingerprint density at radius 3 is 2.83 bits per heavy atom. The molecule has 3 unspecified atom stereocenters. The molecular formula is C9H13NOS. The van der Waals surface area contributed by atoms with Gasteiger partial charge >= 0.3 is 0 Å². The lowest BCUT2D eigenvalue weighted by Crippen LogP contribution is -2.00. The van der Waals surface area contributed by atoms with Gasteiger partial charge in [0.1, 0.15) is 11.1 Å². The van der Waals surface area contributed by atoms with E-state index in [1.54, 1.807) is 11.3 Å². The fraction of sp³-hybridized carbons (Fsp3) is 0.667. The van der Waals surface area contributed by atoms with Crippen LogP contribution in [-0.2, 0) is 0 Å². The van der Waals surface area contributed by atoms with Crippen molar-refractivity contribution in [1.82, 2.24) is 4.98 Å². The molecular weight excluding hydrogens is 170 g/mol. The molecule has 66 valence electrons. The summed E-state index contributed by atoms with van der Waals surface area (Å²) in [4.78, 5) is 4.27. The van der Waals surface area contributed by atoms with Gasteiger partial charge in [0.2, 0.25) is 0 Å². The predicted molar refractivity (Wildman–Crippen MR) is 49.1 cm³/mol. The summed E-state index contributed by atoms with van der Waals surface area (Å²) in [5.74, 6) is 1.15. The van der Waals surface area contributed by atoms with Crippen LogP contribution in [0.3, 0.4) is 0 Å². The van der Waals surface area contributed by atoms with Crippen LogP contribution >= 0.6 is 11.3 Å². The fourth-order valence-corrected chi connectivity index (χ4v) is 2.34. The van der Waals surface area contributed by atoms with Gasteiger partial charge in [0, 0.05) is 11.1 Å². The van der Waals surface area contributed by atoms with Crippen molar-refractivity contribution in [3.05, 3.63) is 16.1 Å². The van der Waals surface area contributed by atoms with Crippen molar-refractivity contribution in [3.63, 3.8) is 0 Å². The van der Waals surface area contributed by atoms with Gasteiger partial charge in [-0.05, 0) is 25.2 Å². The van der Waals surface area contributed by atoms with E-state index in [0.717, 1.165) is 17.1 Å². The third kappa shape index (κ3) is 1.39. The summed E-state index contributed by atoms with van der Waals surface area (Å²) in [5.41, 5.74) is 1.02. The molecule has 2 nitrogen and oxygen atoms in total. The van der Waals surface area contributed by atoms with Crippen molar-refractivity contribution in [1.29, 1.82) is 0 Å². The topological polar surface area (TPSA) is 33.1 Å². The molecule has 12 heavy (non-hydrogen) atoms. The Balaban J connectivity index is 2.09. The number of aromatic nitrogens is 1. The standard InChI is InChI=1S/C9H13NOS/c1-5-3-7(5)8(11)9-10-6(2)4-12-9/h4-5,7-8,11H,3H2,1-2H3. The van der Waals surface area contributed by atoms with E-state index in [1.807, 2.05) is 12.3 Å². The Bertz CT molecular complexity index is 284. The van der Waals surface area contributed by atoms with Gasteiger partial charge in [-0.2, -0.15) is 0 Å². The van der Waals surface area contributed by atoms with Crippen LogP contribution in [0.25, 0.3) is 0 Å². The van der Waals surface area contributed by atoms with Gasteiger partial charge in [0.15, 0.2) is 0 Å². The number of aliphatic hydroxyl groups is 1. The lowest BCUT2D eigenvalue weighted by Gasteiger charge is -2.04. The Morgan fingerprint density at radius 1 is 1.75 bits per heavy atom. The molecule has 0 saturated heterocycles. The van der Waals surface area contributed by atoms with Crippen LogP contribution in [0.4, 0.5) is 0 Å². The van der Waals surface area contributed by atoms with E-state index < -0.39 is 0 Å². The largest absolute Gasteiger partial charge is 0.386 e. The van der Waals surface area contributed by atoms with Crippen LogP contribution in [0.5, 0.6) is 0 Å². The van der Waals surface area contributed by atoms with E-state index >= 15 is 0 Å². The molecule has 1 aliphatic rings. The summed E-state index contributed by atoms with van der Waals surface area (Å²) < 4.78 is 0. The summed E-state index contributed by atoms with van der Waals surface area (Å²) in [6.45, 7) is 4.14. The number of thiazole rings is 1. The van der Waals surface area contributed by atoms with E-state index in [1.165, 1.54) is 0 Å². The van der Waals surface area contributed by atoms with Gasteiger partial charge in [0.25, 0.3) is 0 Å². The number of aliphatic hydroxyl groups excluding tert-OH is 1. The molecule has 3 atom stereocenters. The van der Waals surface area contributed by atoms with E-state index in [4.69, 9.17) is 0 Å². The fourth-order valence-electron chi connectivity index (χ4n) is 1.48. The maximum absolute atomic E-state index is 9.79. The second-order valence-electron chi connectivity index (χ2n) is 3.65. The van der Waals surface area contributed by atoms with Gasteiger partial charge in [0.05, 0.1) is 0 Å². The highest BCUT2D eigenvalue weighted by atomic mass is 32.1. The number of aryl methyl sites for hydroxylation is 1. The van der Waals surface area contributed by atoms with Crippen LogP contribution < -0.4 is 0 Å². The molecule has 1 aromatic heterocycles. The van der Waals surface area contributed by atoms with Gasteiger partial charge in [-0.3, -0.25) is 0 Å². The molecule has 1 saturated carbocycles. The van der Waals surface area contributed by atoms with E-state index in [-0.39, 0.29) is 6.10 Å². The van der Waals surface area contributed by atoms with Crippen LogP contribution in [0.15, 0.2) is 5.38 Å². The molecule has 0 spiro atoms. The third-order valence-corrected chi connectivity index (χ3v) is 3.50. The maximum atomic E-state index is 9.79. The summed E-state index contributed by atoms with van der Waals surface area (Å²) in [5, 5.41) is 12.7.